The first kappa shape index (κ1) is 19.7. The Kier molecular flexibility index (Phi) is 5.72. The second kappa shape index (κ2) is 8.41. The normalized spacial score (nSPS) is 17.2. The average molecular weight is 397 g/mol. The third kappa shape index (κ3) is 4.37. The summed E-state index contributed by atoms with van der Waals surface area (Å²) in [7, 11) is 0. The number of nitrogens with one attached hydrogen (secondary N) is 1. The second-order valence-electron chi connectivity index (χ2n) is 8.43. The Morgan fingerprint density at radius 2 is 1.76 bits per heavy atom. The largest absolute Gasteiger partial charge is 0.338 e. The molecule has 0 atom stereocenters. The molecule has 6 heteroatoms. The molecule has 2 heterocycles. The van der Waals surface area contributed by atoms with Gasteiger partial charge in [-0.25, -0.2) is 9.18 Å². The Labute approximate surface area is 172 Å². The number of anilines is 3. The molecule has 0 unspecified atom stereocenters. The molecule has 2 aromatic rings. The van der Waals surface area contributed by atoms with Gasteiger partial charge in [-0.15, -0.1) is 0 Å². The maximum absolute atomic E-state index is 13.3. The molecule has 5 nitrogen and oxygen atoms in total. The third-order valence-electron chi connectivity index (χ3n) is 5.59. The fourth-order valence-electron chi connectivity index (χ4n) is 4.26. The van der Waals surface area contributed by atoms with Crippen LogP contribution in [-0.2, 0) is 0 Å². The van der Waals surface area contributed by atoms with Crippen molar-refractivity contribution in [1.82, 2.24) is 10.2 Å². The number of fused-ring (bicyclic) bond motifs is 1. The van der Waals surface area contributed by atoms with E-state index in [0.717, 1.165) is 36.7 Å². The van der Waals surface area contributed by atoms with Gasteiger partial charge in [-0.2, -0.15) is 0 Å². The number of amides is 2. The minimum Gasteiger partial charge on any atom is -0.338 e. The Morgan fingerprint density at radius 3 is 2.45 bits per heavy atom. The highest BCUT2D eigenvalue weighted by Gasteiger charge is 2.30. The minimum atomic E-state index is -0.247. The average Bonchev–Trinajstić information content (AvgIpc) is 2.69. The summed E-state index contributed by atoms with van der Waals surface area (Å²) in [5.74, 6) is 0.968. The van der Waals surface area contributed by atoms with E-state index in [1.165, 1.54) is 12.1 Å². The molecular formula is C23H29FN4O. The number of benzene rings is 2. The molecule has 2 amide bonds. The van der Waals surface area contributed by atoms with E-state index in [4.69, 9.17) is 0 Å². The molecule has 4 rings (SSSR count). The van der Waals surface area contributed by atoms with Crippen LogP contribution in [0.3, 0.4) is 0 Å². The molecule has 0 radical (unpaired) electrons. The highest BCUT2D eigenvalue weighted by molar-refractivity contribution is 5.97. The van der Waals surface area contributed by atoms with Gasteiger partial charge in [0.2, 0.25) is 0 Å². The van der Waals surface area contributed by atoms with Crippen molar-refractivity contribution in [3.8, 4) is 0 Å². The molecular weight excluding hydrogens is 367 g/mol. The number of para-hydroxylation sites is 2. The van der Waals surface area contributed by atoms with Crippen LogP contribution in [0.2, 0.25) is 0 Å². The van der Waals surface area contributed by atoms with E-state index in [0.29, 0.717) is 31.5 Å². The molecule has 2 aliphatic heterocycles. The number of hydrogen-bond acceptors (Lipinski definition) is 3. The van der Waals surface area contributed by atoms with Gasteiger partial charge in [-0.1, -0.05) is 26.0 Å². The quantitative estimate of drug-likeness (QED) is 0.828. The van der Waals surface area contributed by atoms with E-state index in [-0.39, 0.29) is 11.8 Å². The zero-order valence-electron chi connectivity index (χ0n) is 17.1. The van der Waals surface area contributed by atoms with Crippen molar-refractivity contribution < 1.29 is 9.18 Å². The van der Waals surface area contributed by atoms with Gasteiger partial charge >= 0.3 is 6.03 Å². The maximum atomic E-state index is 13.3. The number of nitrogens with zero attached hydrogens (tertiary/aromatic N) is 3. The summed E-state index contributed by atoms with van der Waals surface area (Å²) in [5.41, 5.74) is 2.78. The van der Waals surface area contributed by atoms with Gasteiger partial charge in [0.1, 0.15) is 5.82 Å². The molecule has 2 aliphatic rings. The van der Waals surface area contributed by atoms with Crippen molar-refractivity contribution in [2.75, 3.05) is 49.1 Å². The fourth-order valence-corrected chi connectivity index (χ4v) is 4.26. The van der Waals surface area contributed by atoms with Crippen LogP contribution in [0.15, 0.2) is 48.5 Å². The predicted molar refractivity (Wildman–Crippen MR) is 115 cm³/mol. The summed E-state index contributed by atoms with van der Waals surface area (Å²) < 4.78 is 13.3. The summed E-state index contributed by atoms with van der Waals surface area (Å²) in [5, 5.41) is 3.12. The zero-order valence-corrected chi connectivity index (χ0v) is 17.1. The van der Waals surface area contributed by atoms with Gasteiger partial charge in [0.05, 0.1) is 11.4 Å². The first-order chi connectivity index (χ1) is 14.0. The van der Waals surface area contributed by atoms with Crippen LogP contribution in [0, 0.1) is 17.7 Å². The number of rotatable bonds is 5. The molecule has 154 valence electrons. The number of carbonyl (C=O) groups excluding carboxylic acids is 1. The molecule has 0 spiro atoms. The van der Waals surface area contributed by atoms with E-state index >= 15 is 0 Å². The molecule has 0 aromatic heterocycles. The lowest BCUT2D eigenvalue weighted by molar-refractivity contribution is 0.0881. The zero-order chi connectivity index (χ0) is 20.4. The van der Waals surface area contributed by atoms with Crippen molar-refractivity contribution in [2.45, 2.75) is 13.8 Å². The summed E-state index contributed by atoms with van der Waals surface area (Å²) in [6, 6.07) is 14.3. The van der Waals surface area contributed by atoms with E-state index in [2.05, 4.69) is 29.0 Å². The van der Waals surface area contributed by atoms with Gasteiger partial charge < -0.3 is 15.1 Å². The topological polar surface area (TPSA) is 38.8 Å². The van der Waals surface area contributed by atoms with Crippen molar-refractivity contribution in [3.63, 3.8) is 0 Å². The third-order valence-corrected chi connectivity index (χ3v) is 5.59. The lowest BCUT2D eigenvalue weighted by atomic mass is 9.98. The first-order valence-electron chi connectivity index (χ1n) is 10.4. The highest BCUT2D eigenvalue weighted by atomic mass is 19.1. The van der Waals surface area contributed by atoms with Crippen LogP contribution in [-0.4, -0.2) is 50.2 Å². The molecule has 0 saturated carbocycles. The fraction of sp³-hybridized carbons (Fsp3) is 0.435. The highest BCUT2D eigenvalue weighted by Crippen LogP contribution is 2.37. The standard InChI is InChI=1S/C23H29FN4O/c1-17(2)14-26-15-18(16-26)13-25-23(29)28-12-11-27(20-9-7-19(24)8-10-20)21-5-3-4-6-22(21)28/h3-10,17-18H,11-16H2,1-2H3,(H,25,29). The Morgan fingerprint density at radius 1 is 1.07 bits per heavy atom. The van der Waals surface area contributed by atoms with Crippen molar-refractivity contribution in [2.24, 2.45) is 11.8 Å². The van der Waals surface area contributed by atoms with Crippen molar-refractivity contribution in [1.29, 1.82) is 0 Å². The molecule has 1 fully saturated rings. The SMILES string of the molecule is CC(C)CN1CC(CNC(=O)N2CCN(c3ccc(F)cc3)c3ccccc32)C1. The van der Waals surface area contributed by atoms with E-state index in [9.17, 15) is 9.18 Å². The lowest BCUT2D eigenvalue weighted by Gasteiger charge is -2.41. The Balaban J connectivity index is 1.40. The predicted octanol–water partition coefficient (Wildman–Crippen LogP) is 4.08. The van der Waals surface area contributed by atoms with Crippen LogP contribution < -0.4 is 15.1 Å². The smallest absolute Gasteiger partial charge is 0.322 e. The summed E-state index contributed by atoms with van der Waals surface area (Å²) in [6.07, 6.45) is 0. The molecule has 1 saturated heterocycles. The van der Waals surface area contributed by atoms with E-state index in [1.807, 2.05) is 29.2 Å². The van der Waals surface area contributed by atoms with Gasteiger partial charge in [-0.05, 0) is 42.3 Å². The number of likely N-dealkylation sites (tertiary alicyclic amines) is 1. The number of hydrogen-bond donors (Lipinski definition) is 1. The van der Waals surface area contributed by atoms with Gasteiger partial charge in [0.15, 0.2) is 0 Å². The second-order valence-corrected chi connectivity index (χ2v) is 8.43. The molecule has 0 bridgehead atoms. The summed E-state index contributed by atoms with van der Waals surface area (Å²) >= 11 is 0. The maximum Gasteiger partial charge on any atom is 0.322 e. The molecule has 0 aliphatic carbocycles. The number of urea groups is 1. The lowest BCUT2D eigenvalue weighted by Crippen LogP contribution is -2.54. The van der Waals surface area contributed by atoms with Crippen LogP contribution in [0.1, 0.15) is 13.8 Å². The van der Waals surface area contributed by atoms with Crippen LogP contribution >= 0.6 is 0 Å². The van der Waals surface area contributed by atoms with Crippen molar-refractivity contribution >= 4 is 23.1 Å². The summed E-state index contributed by atoms with van der Waals surface area (Å²) in [6.45, 7) is 9.69. The van der Waals surface area contributed by atoms with Crippen LogP contribution in [0.25, 0.3) is 0 Å². The van der Waals surface area contributed by atoms with Crippen LogP contribution in [0.4, 0.5) is 26.2 Å². The van der Waals surface area contributed by atoms with Gasteiger partial charge in [-0.3, -0.25) is 4.90 Å². The number of carbonyl (C=O) groups is 1. The molecule has 2 aromatic carbocycles. The van der Waals surface area contributed by atoms with Gasteiger partial charge in [0.25, 0.3) is 0 Å². The number of halogens is 1. The molecule has 1 N–H and O–H groups in total. The van der Waals surface area contributed by atoms with Crippen LogP contribution in [0.5, 0.6) is 0 Å². The van der Waals surface area contributed by atoms with E-state index < -0.39 is 0 Å². The minimum absolute atomic E-state index is 0.0430. The Hall–Kier alpha value is -2.60. The molecule has 29 heavy (non-hydrogen) atoms. The van der Waals surface area contributed by atoms with Crippen molar-refractivity contribution in [3.05, 3.63) is 54.3 Å². The van der Waals surface area contributed by atoms with E-state index in [1.54, 1.807) is 12.1 Å². The Bertz CT molecular complexity index is 848. The summed E-state index contributed by atoms with van der Waals surface area (Å²) in [4.78, 5) is 19.3. The first-order valence-corrected chi connectivity index (χ1v) is 10.4. The van der Waals surface area contributed by atoms with Gasteiger partial charge in [0, 0.05) is 50.9 Å². The monoisotopic (exact) mass is 396 g/mol.